The first kappa shape index (κ1) is 11.8. The Labute approximate surface area is 93.9 Å². The van der Waals surface area contributed by atoms with Gasteiger partial charge in [0.05, 0.1) is 12.6 Å². The first-order valence-corrected chi connectivity index (χ1v) is 5.32. The van der Waals surface area contributed by atoms with Gasteiger partial charge in [0.25, 0.3) is 0 Å². The van der Waals surface area contributed by atoms with E-state index in [-0.39, 0.29) is 24.7 Å². The molecule has 2 heterocycles. The molecule has 0 spiro atoms. The monoisotopic (exact) mass is 231 g/mol. The molecule has 2 aliphatic heterocycles. The Bertz CT molecular complexity index is 293. The quantitative estimate of drug-likeness (QED) is 0.661. The number of fused-ring (bicyclic) bond motifs is 1. The summed E-state index contributed by atoms with van der Waals surface area (Å²) >= 11 is 0. The second-order valence-electron chi connectivity index (χ2n) is 4.55. The van der Waals surface area contributed by atoms with E-state index in [1.807, 2.05) is 0 Å². The number of nitrogens with one attached hydrogen (secondary N) is 1. The number of aliphatic hydroxyl groups excluding tert-OH is 1. The maximum Gasteiger partial charge on any atom is 0.217 e. The molecule has 6 nitrogen and oxygen atoms in total. The molecule has 92 valence electrons. The summed E-state index contributed by atoms with van der Waals surface area (Å²) in [5.41, 5.74) is 0. The van der Waals surface area contributed by atoms with Gasteiger partial charge in [-0.2, -0.15) is 0 Å². The summed E-state index contributed by atoms with van der Waals surface area (Å²) in [6, 6.07) is -0.366. The highest BCUT2D eigenvalue weighted by Crippen LogP contribution is 2.37. The molecule has 0 radical (unpaired) electrons. The molecule has 2 aliphatic rings. The van der Waals surface area contributed by atoms with Crippen LogP contribution in [0.2, 0.25) is 0 Å². The molecule has 1 unspecified atom stereocenters. The van der Waals surface area contributed by atoms with Crippen molar-refractivity contribution < 1.29 is 24.1 Å². The lowest BCUT2D eigenvalue weighted by Crippen LogP contribution is -2.48. The minimum atomic E-state index is -0.716. The van der Waals surface area contributed by atoms with E-state index in [9.17, 15) is 4.79 Å². The van der Waals surface area contributed by atoms with Gasteiger partial charge in [0, 0.05) is 6.92 Å². The largest absolute Gasteiger partial charge is 0.394 e. The zero-order valence-corrected chi connectivity index (χ0v) is 9.60. The number of carbonyl (C=O) groups excluding carboxylic acids is 1. The molecule has 0 aromatic rings. The van der Waals surface area contributed by atoms with Gasteiger partial charge in [0.15, 0.2) is 12.1 Å². The van der Waals surface area contributed by atoms with Crippen LogP contribution in [0.5, 0.6) is 0 Å². The number of carbonyl (C=O) groups is 1. The van der Waals surface area contributed by atoms with Crippen LogP contribution in [0.3, 0.4) is 0 Å². The van der Waals surface area contributed by atoms with Crippen molar-refractivity contribution in [3.63, 3.8) is 0 Å². The summed E-state index contributed by atoms with van der Waals surface area (Å²) in [5, 5.41) is 11.9. The van der Waals surface area contributed by atoms with Crippen LogP contribution in [0.25, 0.3) is 0 Å². The van der Waals surface area contributed by atoms with Crippen molar-refractivity contribution in [1.29, 1.82) is 0 Å². The molecule has 2 N–H and O–H groups in total. The lowest BCUT2D eigenvalue weighted by atomic mass is 10.1. The van der Waals surface area contributed by atoms with Gasteiger partial charge >= 0.3 is 0 Å². The van der Waals surface area contributed by atoms with Gasteiger partial charge < -0.3 is 24.6 Å². The summed E-state index contributed by atoms with van der Waals surface area (Å²) in [4.78, 5) is 11.1. The smallest absolute Gasteiger partial charge is 0.217 e. The fourth-order valence-corrected chi connectivity index (χ4v) is 2.14. The zero-order valence-electron chi connectivity index (χ0n) is 9.60. The lowest BCUT2D eigenvalue weighted by Gasteiger charge is -2.25. The molecule has 1 amide bonds. The first-order valence-electron chi connectivity index (χ1n) is 5.32. The average molecular weight is 231 g/mol. The Morgan fingerprint density at radius 2 is 2.12 bits per heavy atom. The van der Waals surface area contributed by atoms with E-state index in [0.29, 0.717) is 0 Å². The minimum absolute atomic E-state index is 0.176. The number of amides is 1. The van der Waals surface area contributed by atoms with E-state index in [0.717, 1.165) is 0 Å². The summed E-state index contributed by atoms with van der Waals surface area (Å²) in [6.07, 6.45) is -1.37. The SMILES string of the molecule is CC(=O)NC1[C@H]2OC(C)(C)O[C@H]2O[C@@H]1CO. The number of rotatable bonds is 2. The first-order chi connectivity index (χ1) is 7.43. The molecule has 4 atom stereocenters. The van der Waals surface area contributed by atoms with Gasteiger partial charge in [-0.15, -0.1) is 0 Å². The standard InChI is InChI=1S/C10H17NO5/c1-5(13)11-7-6(4-12)14-9-8(7)15-10(2,3)16-9/h6-9,12H,4H2,1-3H3,(H,11,13)/t6-,7?,8-,9-/m1/s1. The fraction of sp³-hybridized carbons (Fsp3) is 0.900. The third-order valence-electron chi connectivity index (χ3n) is 2.70. The lowest BCUT2D eigenvalue weighted by molar-refractivity contribution is -0.210. The molecule has 2 fully saturated rings. The van der Waals surface area contributed by atoms with Crippen molar-refractivity contribution in [2.75, 3.05) is 6.61 Å². The van der Waals surface area contributed by atoms with Crippen LogP contribution >= 0.6 is 0 Å². The second-order valence-corrected chi connectivity index (χ2v) is 4.55. The van der Waals surface area contributed by atoms with Gasteiger partial charge in [-0.25, -0.2) is 0 Å². The molecule has 2 saturated heterocycles. The van der Waals surface area contributed by atoms with E-state index < -0.39 is 18.2 Å². The maximum absolute atomic E-state index is 11.1. The van der Waals surface area contributed by atoms with Crippen LogP contribution in [0.15, 0.2) is 0 Å². The van der Waals surface area contributed by atoms with Crippen LogP contribution in [0.1, 0.15) is 20.8 Å². The number of hydrogen-bond donors (Lipinski definition) is 2. The summed E-state index contributed by atoms with van der Waals surface area (Å²) in [7, 11) is 0. The predicted molar refractivity (Wildman–Crippen MR) is 53.4 cm³/mol. The third kappa shape index (κ3) is 2.06. The molecule has 0 aromatic heterocycles. The van der Waals surface area contributed by atoms with Crippen molar-refractivity contribution in [3.05, 3.63) is 0 Å². The van der Waals surface area contributed by atoms with Crippen molar-refractivity contribution in [2.24, 2.45) is 0 Å². The number of aliphatic hydroxyl groups is 1. The minimum Gasteiger partial charge on any atom is -0.394 e. The Morgan fingerprint density at radius 1 is 1.44 bits per heavy atom. The Balaban J connectivity index is 2.10. The Kier molecular flexibility index (Phi) is 2.91. The van der Waals surface area contributed by atoms with E-state index in [4.69, 9.17) is 19.3 Å². The van der Waals surface area contributed by atoms with Gasteiger partial charge in [-0.3, -0.25) is 4.79 Å². The third-order valence-corrected chi connectivity index (χ3v) is 2.70. The molecule has 0 aromatic carbocycles. The van der Waals surface area contributed by atoms with Gasteiger partial charge in [0.1, 0.15) is 12.2 Å². The van der Waals surface area contributed by atoms with Crippen LogP contribution in [0.4, 0.5) is 0 Å². The zero-order chi connectivity index (χ0) is 11.9. The highest BCUT2D eigenvalue weighted by atomic mass is 16.8. The van der Waals surface area contributed by atoms with Crippen LogP contribution in [0, 0.1) is 0 Å². The van der Waals surface area contributed by atoms with E-state index >= 15 is 0 Å². The fourth-order valence-electron chi connectivity index (χ4n) is 2.14. The van der Waals surface area contributed by atoms with E-state index in [1.165, 1.54) is 6.92 Å². The van der Waals surface area contributed by atoms with Gasteiger partial charge in [0.2, 0.25) is 5.91 Å². The van der Waals surface area contributed by atoms with Crippen LogP contribution < -0.4 is 5.32 Å². The molecular formula is C10H17NO5. The molecule has 2 rings (SSSR count). The Hall–Kier alpha value is -0.690. The maximum atomic E-state index is 11.1. The van der Waals surface area contributed by atoms with Crippen molar-refractivity contribution in [3.8, 4) is 0 Å². The normalized spacial score (nSPS) is 40.8. The highest BCUT2D eigenvalue weighted by Gasteiger charge is 2.54. The second kappa shape index (κ2) is 3.96. The molecule has 6 heteroatoms. The highest BCUT2D eigenvalue weighted by molar-refractivity contribution is 5.73. The summed E-state index contributed by atoms with van der Waals surface area (Å²) in [5.74, 6) is -0.895. The Morgan fingerprint density at radius 3 is 2.69 bits per heavy atom. The summed E-state index contributed by atoms with van der Waals surface area (Å²) in [6.45, 7) is 4.81. The van der Waals surface area contributed by atoms with Crippen LogP contribution in [-0.2, 0) is 19.0 Å². The molecular weight excluding hydrogens is 214 g/mol. The molecule has 0 aliphatic carbocycles. The van der Waals surface area contributed by atoms with Crippen LogP contribution in [-0.4, -0.2) is 47.9 Å². The molecule has 16 heavy (non-hydrogen) atoms. The van der Waals surface area contributed by atoms with Gasteiger partial charge in [-0.05, 0) is 13.8 Å². The van der Waals surface area contributed by atoms with E-state index in [2.05, 4.69) is 5.32 Å². The van der Waals surface area contributed by atoms with Crippen molar-refractivity contribution >= 4 is 5.91 Å². The molecule has 0 saturated carbocycles. The number of hydrogen-bond acceptors (Lipinski definition) is 5. The topological polar surface area (TPSA) is 77.0 Å². The summed E-state index contributed by atoms with van der Waals surface area (Å²) < 4.78 is 16.6. The average Bonchev–Trinajstić information content (AvgIpc) is 2.59. The molecule has 0 bridgehead atoms. The van der Waals surface area contributed by atoms with Gasteiger partial charge in [-0.1, -0.05) is 0 Å². The van der Waals surface area contributed by atoms with E-state index in [1.54, 1.807) is 13.8 Å². The van der Waals surface area contributed by atoms with Crippen molar-refractivity contribution in [2.45, 2.75) is 51.1 Å². The number of ether oxygens (including phenoxy) is 3. The van der Waals surface area contributed by atoms with Crippen molar-refractivity contribution in [1.82, 2.24) is 5.32 Å². The predicted octanol–water partition coefficient (Wildman–Crippen LogP) is -0.640.